The topological polar surface area (TPSA) is 66.4 Å². The summed E-state index contributed by atoms with van der Waals surface area (Å²) in [7, 11) is -3.31. The van der Waals surface area contributed by atoms with Crippen molar-refractivity contribution in [1.82, 2.24) is 5.32 Å². The van der Waals surface area contributed by atoms with Crippen molar-refractivity contribution in [2.75, 3.05) is 14.1 Å². The molecule has 0 rings (SSSR count). The lowest BCUT2D eigenvalue weighted by atomic mass is 9.90. The lowest BCUT2D eigenvalue weighted by Gasteiger charge is -2.40. The van der Waals surface area contributed by atoms with Crippen LogP contribution in [0.4, 0.5) is 70.2 Å². The third-order valence-corrected chi connectivity index (χ3v) is 4.16. The molecule has 0 aliphatic rings. The SMILES string of the molecule is CNC.O=S(=O)(O)C(F)C(F)(F)C(F)(F)C(F)(F)C(F)(F)C(F)(F)C(F)C(F)C(F)C(F)F. The second kappa shape index (κ2) is 10.6. The molecule has 0 saturated heterocycles. The predicted molar refractivity (Wildman–Crippen MR) is 76.9 cm³/mol. The minimum absolute atomic E-state index is 1.88. The van der Waals surface area contributed by atoms with E-state index in [4.69, 9.17) is 4.55 Å². The zero-order valence-corrected chi connectivity index (χ0v) is 16.4. The number of nitrogens with one attached hydrogen (secondary N) is 1. The van der Waals surface area contributed by atoms with E-state index < -0.39 is 70.2 Å². The summed E-state index contributed by atoms with van der Waals surface area (Å²) in [6, 6.07) is 0. The number of rotatable bonds is 10. The molecule has 4 atom stereocenters. The maximum absolute atomic E-state index is 13.3. The Hall–Kier alpha value is -1.25. The molecule has 0 aromatic heterocycles. The lowest BCUT2D eigenvalue weighted by molar-refractivity contribution is -0.412. The average molecular weight is 555 g/mol. The molecule has 0 bridgehead atoms. The summed E-state index contributed by atoms with van der Waals surface area (Å²) in [5, 5.41) is 2.75. The van der Waals surface area contributed by atoms with Gasteiger partial charge in [0.1, 0.15) is 0 Å². The van der Waals surface area contributed by atoms with Gasteiger partial charge < -0.3 is 5.32 Å². The predicted octanol–water partition coefficient (Wildman–Crippen LogP) is 4.46. The highest BCUT2D eigenvalue weighted by atomic mass is 32.2. The number of hydrogen-bond acceptors (Lipinski definition) is 3. The molecule has 0 aromatic carbocycles. The summed E-state index contributed by atoms with van der Waals surface area (Å²) < 4.78 is 235. The second-order valence-corrected chi connectivity index (χ2v) is 7.37. The van der Waals surface area contributed by atoms with Gasteiger partial charge in [-0.05, 0) is 14.1 Å². The Morgan fingerprint density at radius 1 is 0.636 bits per heavy atom. The molecule has 4 unspecified atom stereocenters. The van der Waals surface area contributed by atoms with E-state index in [0.717, 1.165) is 0 Å². The van der Waals surface area contributed by atoms with E-state index in [1.54, 1.807) is 0 Å². The molecule has 0 aromatic rings. The molecule has 0 heterocycles. The van der Waals surface area contributed by atoms with Crippen molar-refractivity contribution in [2.45, 2.75) is 60.1 Å². The number of alkyl halides is 16. The minimum Gasteiger partial charge on any atom is -0.323 e. The molecular formula is C12H13F16NO3S. The first-order chi connectivity index (χ1) is 14.2. The van der Waals surface area contributed by atoms with Crippen LogP contribution in [0.3, 0.4) is 0 Å². The third-order valence-electron chi connectivity index (χ3n) is 3.34. The molecular weight excluding hydrogens is 542 g/mol. The molecule has 0 aliphatic carbocycles. The van der Waals surface area contributed by atoms with Gasteiger partial charge in [0, 0.05) is 0 Å². The van der Waals surface area contributed by atoms with Crippen LogP contribution in [0.25, 0.3) is 0 Å². The van der Waals surface area contributed by atoms with Crippen molar-refractivity contribution in [3.63, 3.8) is 0 Å². The highest BCUT2D eigenvalue weighted by molar-refractivity contribution is 7.86. The van der Waals surface area contributed by atoms with Crippen LogP contribution < -0.4 is 5.32 Å². The van der Waals surface area contributed by atoms with Crippen LogP contribution in [-0.2, 0) is 10.1 Å². The van der Waals surface area contributed by atoms with Gasteiger partial charge in [0.15, 0.2) is 12.3 Å². The number of hydrogen-bond donors (Lipinski definition) is 2. The largest absolute Gasteiger partial charge is 0.384 e. The molecule has 0 amide bonds. The summed E-state index contributed by atoms with van der Waals surface area (Å²) >= 11 is 0. The van der Waals surface area contributed by atoms with Gasteiger partial charge in [0.2, 0.25) is 6.17 Å². The minimum atomic E-state index is -8.34. The molecule has 4 nitrogen and oxygen atoms in total. The number of halogens is 16. The summed E-state index contributed by atoms with van der Waals surface area (Å²) in [4.78, 5) is 0. The zero-order chi connectivity index (χ0) is 27.6. The summed E-state index contributed by atoms with van der Waals surface area (Å²) in [6.07, 6.45) is -20.3. The standard InChI is InChI=1S/C10H6F16O3S.C2H7N/c11-1(2(12)4(14)15)3(13)6(17,18)8(21,22)10(25,26)9(23,24)7(19,20)5(16)30(27,28)29;1-3-2/h1-5H,(H,27,28,29);3H,1-2H3. The smallest absolute Gasteiger partial charge is 0.323 e. The van der Waals surface area contributed by atoms with Crippen molar-refractivity contribution in [2.24, 2.45) is 0 Å². The first-order valence-corrected chi connectivity index (χ1v) is 9.03. The summed E-state index contributed by atoms with van der Waals surface area (Å²) in [6.45, 7) is 0. The van der Waals surface area contributed by atoms with Crippen LogP contribution in [0.15, 0.2) is 0 Å². The fraction of sp³-hybridized carbons (Fsp3) is 1.00. The van der Waals surface area contributed by atoms with Gasteiger partial charge in [-0.1, -0.05) is 0 Å². The first kappa shape index (κ1) is 33.9. The van der Waals surface area contributed by atoms with Gasteiger partial charge >= 0.3 is 39.7 Å². The molecule has 0 saturated carbocycles. The fourth-order valence-corrected chi connectivity index (χ4v) is 2.14. The Bertz CT molecular complexity index is 730. The fourth-order valence-electron chi connectivity index (χ4n) is 1.62. The zero-order valence-electron chi connectivity index (χ0n) is 15.6. The average Bonchev–Trinajstić information content (AvgIpc) is 2.64. The highest BCUT2D eigenvalue weighted by Gasteiger charge is 2.89. The third kappa shape index (κ3) is 6.06. The van der Waals surface area contributed by atoms with E-state index in [2.05, 4.69) is 5.32 Å². The Morgan fingerprint density at radius 3 is 1.21 bits per heavy atom. The lowest BCUT2D eigenvalue weighted by Crippen LogP contribution is -2.71. The molecule has 0 fully saturated rings. The molecule has 202 valence electrons. The molecule has 21 heteroatoms. The second-order valence-electron chi connectivity index (χ2n) is 5.93. The van der Waals surface area contributed by atoms with E-state index >= 15 is 0 Å². The highest BCUT2D eigenvalue weighted by Crippen LogP contribution is 2.59. The van der Waals surface area contributed by atoms with Crippen molar-refractivity contribution in [3.05, 3.63) is 0 Å². The van der Waals surface area contributed by atoms with E-state index in [1.807, 2.05) is 14.1 Å². The van der Waals surface area contributed by atoms with Crippen LogP contribution in [0.2, 0.25) is 0 Å². The van der Waals surface area contributed by atoms with Crippen LogP contribution in [0.1, 0.15) is 0 Å². The van der Waals surface area contributed by atoms with Gasteiger partial charge in [-0.15, -0.1) is 0 Å². The Kier molecular flexibility index (Phi) is 10.9. The van der Waals surface area contributed by atoms with Crippen LogP contribution in [0.5, 0.6) is 0 Å². The van der Waals surface area contributed by atoms with Gasteiger partial charge in [-0.3, -0.25) is 4.55 Å². The first-order valence-electron chi connectivity index (χ1n) is 7.53. The Morgan fingerprint density at radius 2 is 0.939 bits per heavy atom. The van der Waals surface area contributed by atoms with Crippen LogP contribution in [0, 0.1) is 0 Å². The monoisotopic (exact) mass is 555 g/mol. The van der Waals surface area contributed by atoms with E-state index in [9.17, 15) is 78.7 Å². The van der Waals surface area contributed by atoms with Gasteiger partial charge in [0.25, 0.3) is 11.9 Å². The van der Waals surface area contributed by atoms with E-state index in [1.165, 1.54) is 0 Å². The van der Waals surface area contributed by atoms with Crippen molar-refractivity contribution < 1.29 is 83.2 Å². The van der Waals surface area contributed by atoms with Gasteiger partial charge in [-0.25, -0.2) is 26.3 Å². The van der Waals surface area contributed by atoms with Gasteiger partial charge in [-0.2, -0.15) is 52.3 Å². The molecule has 2 N–H and O–H groups in total. The van der Waals surface area contributed by atoms with Crippen molar-refractivity contribution in [1.29, 1.82) is 0 Å². The van der Waals surface area contributed by atoms with Crippen molar-refractivity contribution in [3.8, 4) is 0 Å². The van der Waals surface area contributed by atoms with Gasteiger partial charge in [0.05, 0.1) is 0 Å². The maximum Gasteiger partial charge on any atom is 0.384 e. The quantitative estimate of drug-likeness (QED) is 0.309. The molecule has 0 spiro atoms. The molecule has 0 aliphatic heterocycles. The summed E-state index contributed by atoms with van der Waals surface area (Å²) in [5.41, 5.74) is -5.82. The Labute approximate surface area is 174 Å². The van der Waals surface area contributed by atoms with Crippen LogP contribution >= 0.6 is 0 Å². The van der Waals surface area contributed by atoms with E-state index in [-0.39, 0.29) is 0 Å². The summed E-state index contributed by atoms with van der Waals surface area (Å²) in [5.74, 6) is -39.9. The van der Waals surface area contributed by atoms with E-state index in [0.29, 0.717) is 0 Å². The van der Waals surface area contributed by atoms with Crippen LogP contribution in [-0.4, -0.2) is 87.1 Å². The normalized spacial score (nSPS) is 18.3. The molecule has 33 heavy (non-hydrogen) atoms. The maximum atomic E-state index is 13.3. The Balaban J connectivity index is 0. The molecule has 0 radical (unpaired) electrons. The van der Waals surface area contributed by atoms with Crippen molar-refractivity contribution >= 4 is 10.1 Å².